The normalized spacial score (nSPS) is 12.6. The summed E-state index contributed by atoms with van der Waals surface area (Å²) in [4.78, 5) is 38.1. The molecule has 0 bridgehead atoms. The summed E-state index contributed by atoms with van der Waals surface area (Å²) in [6.07, 6.45) is 93.7. The second-order valence-corrected chi connectivity index (χ2v) is 23.8. The summed E-state index contributed by atoms with van der Waals surface area (Å²) in [6.45, 7) is 6.50. The van der Waals surface area contributed by atoms with E-state index in [4.69, 9.17) is 14.2 Å². The maximum absolute atomic E-state index is 12.9. The predicted octanol–water partition coefficient (Wildman–Crippen LogP) is 24.6. The number of carbonyl (C=O) groups excluding carboxylic acids is 3. The molecule has 0 spiro atoms. The van der Waals surface area contributed by atoms with E-state index in [1.807, 2.05) is 0 Å². The standard InChI is InChI=1S/C76H134O6/c1-4-7-10-13-16-18-20-22-24-26-28-30-32-34-36-38-40-42-44-46-48-50-52-54-56-58-60-63-66-69-75(78)81-72-73(71-80-74(77)68-65-62-15-12-9-6-3)82-76(79)70-67-64-61-59-57-55-53-51-49-47-45-43-41-39-37-35-33-31-29-27-25-23-21-19-17-14-11-8-5-2/h7,10,16,18,22,24,28,30,34,36,40,42,46,48,73H,4-6,8-9,11-15,17,19-21,23,25-27,29,31-33,35,37-39,41,43-45,47,49-72H2,1-3H3/b10-7-,18-16-,24-22-,30-28-,36-34-,42-40-,48-46-. The fraction of sp³-hybridized carbons (Fsp3) is 0.776. The summed E-state index contributed by atoms with van der Waals surface area (Å²) in [6, 6.07) is 0. The topological polar surface area (TPSA) is 78.9 Å². The van der Waals surface area contributed by atoms with Crippen molar-refractivity contribution in [2.45, 2.75) is 367 Å². The van der Waals surface area contributed by atoms with Crippen LogP contribution in [0.15, 0.2) is 85.1 Å². The van der Waals surface area contributed by atoms with Crippen LogP contribution in [0.25, 0.3) is 0 Å². The number of esters is 3. The van der Waals surface area contributed by atoms with Crippen LogP contribution in [0.4, 0.5) is 0 Å². The fourth-order valence-electron chi connectivity index (χ4n) is 10.4. The van der Waals surface area contributed by atoms with Gasteiger partial charge in [-0.15, -0.1) is 0 Å². The molecular formula is C76H134O6. The molecule has 0 heterocycles. The molecule has 0 aromatic carbocycles. The zero-order valence-corrected chi connectivity index (χ0v) is 54.5. The van der Waals surface area contributed by atoms with Gasteiger partial charge < -0.3 is 14.2 Å². The molecule has 0 radical (unpaired) electrons. The highest BCUT2D eigenvalue weighted by Gasteiger charge is 2.19. The summed E-state index contributed by atoms with van der Waals surface area (Å²) in [5.74, 6) is -0.881. The Labute approximate surface area is 509 Å². The van der Waals surface area contributed by atoms with Crippen LogP contribution >= 0.6 is 0 Å². The number of hydrogen-bond acceptors (Lipinski definition) is 6. The van der Waals surface area contributed by atoms with E-state index in [0.29, 0.717) is 19.3 Å². The second kappa shape index (κ2) is 70.1. The molecule has 0 fully saturated rings. The summed E-state index contributed by atoms with van der Waals surface area (Å²) in [5.41, 5.74) is 0. The lowest BCUT2D eigenvalue weighted by Gasteiger charge is -2.18. The largest absolute Gasteiger partial charge is 0.462 e. The van der Waals surface area contributed by atoms with Gasteiger partial charge in [-0.05, 0) is 77.0 Å². The van der Waals surface area contributed by atoms with Gasteiger partial charge in [0.15, 0.2) is 6.10 Å². The molecule has 0 aromatic rings. The molecule has 0 saturated carbocycles. The first kappa shape index (κ1) is 78.6. The summed E-state index contributed by atoms with van der Waals surface area (Å²) >= 11 is 0. The van der Waals surface area contributed by atoms with Gasteiger partial charge in [0.2, 0.25) is 0 Å². The highest BCUT2D eigenvalue weighted by atomic mass is 16.6. The van der Waals surface area contributed by atoms with Crippen LogP contribution in [0.1, 0.15) is 361 Å². The SMILES string of the molecule is CC/C=C\C/C=C\C/C=C\C/C=C\C/C=C\C/C=C\C/C=C\CCCCCCCCCC(=O)OCC(COC(=O)CCCCCCCC)OC(=O)CCCCCCCCCCCCCCCCCCCCCCCCCCCCCCC. The second-order valence-electron chi connectivity index (χ2n) is 23.8. The minimum absolute atomic E-state index is 0.0768. The maximum Gasteiger partial charge on any atom is 0.306 e. The smallest absolute Gasteiger partial charge is 0.306 e. The van der Waals surface area contributed by atoms with Crippen molar-refractivity contribution < 1.29 is 28.6 Å². The van der Waals surface area contributed by atoms with Crippen LogP contribution in [-0.4, -0.2) is 37.2 Å². The first-order chi connectivity index (χ1) is 40.5. The Morgan fingerprint density at radius 1 is 0.256 bits per heavy atom. The molecule has 6 heteroatoms. The van der Waals surface area contributed by atoms with Gasteiger partial charge in [0.05, 0.1) is 0 Å². The zero-order valence-electron chi connectivity index (χ0n) is 54.5. The molecule has 0 aliphatic carbocycles. The van der Waals surface area contributed by atoms with Gasteiger partial charge in [-0.25, -0.2) is 0 Å². The molecule has 1 atom stereocenters. The molecule has 474 valence electrons. The van der Waals surface area contributed by atoms with E-state index in [1.165, 1.54) is 212 Å². The Morgan fingerprint density at radius 3 is 0.744 bits per heavy atom. The Morgan fingerprint density at radius 2 is 0.476 bits per heavy atom. The van der Waals surface area contributed by atoms with E-state index in [-0.39, 0.29) is 31.1 Å². The first-order valence-corrected chi connectivity index (χ1v) is 35.6. The van der Waals surface area contributed by atoms with E-state index >= 15 is 0 Å². The Kier molecular flexibility index (Phi) is 67.2. The molecule has 6 nitrogen and oxygen atoms in total. The van der Waals surface area contributed by atoms with Crippen molar-refractivity contribution in [3.05, 3.63) is 85.1 Å². The molecular weight excluding hydrogens is 1010 g/mol. The molecule has 0 amide bonds. The number of carbonyl (C=O) groups is 3. The summed E-state index contributed by atoms with van der Waals surface area (Å²) in [5, 5.41) is 0. The van der Waals surface area contributed by atoms with Crippen LogP contribution in [0.5, 0.6) is 0 Å². The lowest BCUT2D eigenvalue weighted by molar-refractivity contribution is -0.167. The average Bonchev–Trinajstić information content (AvgIpc) is 3.47. The lowest BCUT2D eigenvalue weighted by Crippen LogP contribution is -2.30. The zero-order chi connectivity index (χ0) is 59.2. The third kappa shape index (κ3) is 67.4. The third-order valence-electron chi connectivity index (χ3n) is 15.7. The van der Waals surface area contributed by atoms with Crippen LogP contribution in [-0.2, 0) is 28.6 Å². The van der Waals surface area contributed by atoms with Gasteiger partial charge in [0.1, 0.15) is 13.2 Å². The van der Waals surface area contributed by atoms with Gasteiger partial charge in [-0.1, -0.05) is 350 Å². The predicted molar refractivity (Wildman–Crippen MR) is 358 cm³/mol. The molecule has 0 N–H and O–H groups in total. The number of rotatable bonds is 65. The Hall–Kier alpha value is -3.41. The van der Waals surface area contributed by atoms with Crippen molar-refractivity contribution in [1.29, 1.82) is 0 Å². The number of ether oxygens (including phenoxy) is 3. The fourth-order valence-corrected chi connectivity index (χ4v) is 10.4. The first-order valence-electron chi connectivity index (χ1n) is 35.6. The number of hydrogen-bond donors (Lipinski definition) is 0. The highest BCUT2D eigenvalue weighted by Crippen LogP contribution is 2.18. The minimum atomic E-state index is -0.778. The molecule has 0 aliphatic heterocycles. The minimum Gasteiger partial charge on any atom is -0.462 e. The number of allylic oxidation sites excluding steroid dienone is 14. The van der Waals surface area contributed by atoms with Gasteiger partial charge in [0.25, 0.3) is 0 Å². The van der Waals surface area contributed by atoms with Gasteiger partial charge in [0, 0.05) is 19.3 Å². The Bertz CT molecular complexity index is 1550. The van der Waals surface area contributed by atoms with Gasteiger partial charge in [-0.3, -0.25) is 14.4 Å². The van der Waals surface area contributed by atoms with Gasteiger partial charge >= 0.3 is 17.9 Å². The van der Waals surface area contributed by atoms with E-state index in [1.54, 1.807) is 0 Å². The van der Waals surface area contributed by atoms with Crippen molar-refractivity contribution in [2.24, 2.45) is 0 Å². The van der Waals surface area contributed by atoms with E-state index in [0.717, 1.165) is 109 Å². The van der Waals surface area contributed by atoms with E-state index in [2.05, 4.69) is 106 Å². The quantitative estimate of drug-likeness (QED) is 0.0261. The van der Waals surface area contributed by atoms with Crippen LogP contribution in [0.2, 0.25) is 0 Å². The van der Waals surface area contributed by atoms with Crippen molar-refractivity contribution in [2.75, 3.05) is 13.2 Å². The molecule has 0 aliphatic rings. The number of unbranched alkanes of at least 4 members (excludes halogenated alkanes) is 40. The highest BCUT2D eigenvalue weighted by molar-refractivity contribution is 5.71. The summed E-state index contributed by atoms with van der Waals surface area (Å²) in [7, 11) is 0. The monoisotopic (exact) mass is 1140 g/mol. The van der Waals surface area contributed by atoms with Crippen LogP contribution < -0.4 is 0 Å². The molecule has 0 saturated heterocycles. The van der Waals surface area contributed by atoms with Crippen molar-refractivity contribution in [3.8, 4) is 0 Å². The van der Waals surface area contributed by atoms with Crippen molar-refractivity contribution in [3.63, 3.8) is 0 Å². The van der Waals surface area contributed by atoms with Crippen molar-refractivity contribution >= 4 is 17.9 Å². The van der Waals surface area contributed by atoms with Crippen LogP contribution in [0, 0.1) is 0 Å². The average molecular weight is 1140 g/mol. The van der Waals surface area contributed by atoms with E-state index in [9.17, 15) is 14.4 Å². The Balaban J connectivity index is 4.04. The van der Waals surface area contributed by atoms with Crippen LogP contribution in [0.3, 0.4) is 0 Å². The molecule has 82 heavy (non-hydrogen) atoms. The van der Waals surface area contributed by atoms with Crippen molar-refractivity contribution in [1.82, 2.24) is 0 Å². The maximum atomic E-state index is 12.9. The molecule has 1 unspecified atom stereocenters. The molecule has 0 aromatic heterocycles. The van der Waals surface area contributed by atoms with Gasteiger partial charge in [-0.2, -0.15) is 0 Å². The van der Waals surface area contributed by atoms with E-state index < -0.39 is 6.10 Å². The molecule has 0 rings (SSSR count). The third-order valence-corrected chi connectivity index (χ3v) is 15.7. The lowest BCUT2D eigenvalue weighted by atomic mass is 10.0. The summed E-state index contributed by atoms with van der Waals surface area (Å²) < 4.78 is 16.9.